The molecule has 0 amide bonds. The molecule has 120 valence electrons. The summed E-state index contributed by atoms with van der Waals surface area (Å²) in [5.41, 5.74) is 0.471. The first-order chi connectivity index (χ1) is 10.5. The average molecular weight is 308 g/mol. The molecular weight excluding hydrogens is 288 g/mol. The topological polar surface area (TPSA) is 71.1 Å². The van der Waals surface area contributed by atoms with Crippen LogP contribution in [0.25, 0.3) is 0 Å². The van der Waals surface area contributed by atoms with Crippen molar-refractivity contribution in [3.05, 3.63) is 35.9 Å². The van der Waals surface area contributed by atoms with E-state index >= 15 is 0 Å². The number of methoxy groups -OCH3 is 1. The summed E-state index contributed by atoms with van der Waals surface area (Å²) in [4.78, 5) is 23.1. The van der Waals surface area contributed by atoms with Crippen LogP contribution < -0.4 is 0 Å². The van der Waals surface area contributed by atoms with Crippen molar-refractivity contribution in [2.45, 2.75) is 38.3 Å². The van der Waals surface area contributed by atoms with E-state index in [9.17, 15) is 9.59 Å². The molecule has 4 unspecified atom stereocenters. The lowest BCUT2D eigenvalue weighted by atomic mass is 10.1. The second-order valence-electron chi connectivity index (χ2n) is 5.12. The molecular formula is C16H20O6. The van der Waals surface area contributed by atoms with Crippen molar-refractivity contribution in [2.24, 2.45) is 0 Å². The van der Waals surface area contributed by atoms with Crippen LogP contribution in [-0.2, 0) is 23.7 Å². The van der Waals surface area contributed by atoms with Gasteiger partial charge >= 0.3 is 11.9 Å². The number of hydrogen-bond acceptors (Lipinski definition) is 6. The van der Waals surface area contributed by atoms with Crippen molar-refractivity contribution in [1.29, 1.82) is 0 Å². The van der Waals surface area contributed by atoms with Crippen LogP contribution >= 0.6 is 0 Å². The van der Waals surface area contributed by atoms with Gasteiger partial charge in [0.2, 0.25) is 0 Å². The Balaban J connectivity index is 1.95. The van der Waals surface area contributed by atoms with Crippen LogP contribution in [0.15, 0.2) is 30.3 Å². The number of ether oxygens (including phenoxy) is 4. The fourth-order valence-electron chi connectivity index (χ4n) is 2.50. The van der Waals surface area contributed by atoms with E-state index in [4.69, 9.17) is 18.9 Å². The van der Waals surface area contributed by atoms with Crippen molar-refractivity contribution in [3.63, 3.8) is 0 Å². The molecule has 1 fully saturated rings. The summed E-state index contributed by atoms with van der Waals surface area (Å²) in [5, 5.41) is 0. The summed E-state index contributed by atoms with van der Waals surface area (Å²) in [5.74, 6) is -0.827. The maximum absolute atomic E-state index is 11.9. The highest BCUT2D eigenvalue weighted by molar-refractivity contribution is 5.89. The summed E-state index contributed by atoms with van der Waals surface area (Å²) >= 11 is 0. The molecule has 0 aromatic heterocycles. The third-order valence-electron chi connectivity index (χ3n) is 3.50. The maximum atomic E-state index is 11.9. The largest absolute Gasteiger partial charge is 0.459 e. The van der Waals surface area contributed by atoms with Gasteiger partial charge in [0.25, 0.3) is 0 Å². The highest BCUT2D eigenvalue weighted by Gasteiger charge is 2.45. The summed E-state index contributed by atoms with van der Waals surface area (Å²) in [6.45, 7) is 3.16. The van der Waals surface area contributed by atoms with Crippen molar-refractivity contribution in [2.75, 3.05) is 13.7 Å². The lowest BCUT2D eigenvalue weighted by molar-refractivity contribution is -0.153. The number of esters is 2. The Bertz CT molecular complexity index is 515. The minimum absolute atomic E-state index is 0.0361. The molecule has 0 aliphatic carbocycles. The molecule has 1 aromatic carbocycles. The van der Waals surface area contributed by atoms with E-state index in [0.29, 0.717) is 5.56 Å². The molecule has 0 bridgehead atoms. The molecule has 6 heteroatoms. The monoisotopic (exact) mass is 308 g/mol. The molecule has 1 saturated heterocycles. The van der Waals surface area contributed by atoms with E-state index < -0.39 is 30.3 Å². The second kappa shape index (κ2) is 7.38. The lowest BCUT2D eigenvalue weighted by Gasteiger charge is -2.21. The van der Waals surface area contributed by atoms with Crippen molar-refractivity contribution < 1.29 is 28.5 Å². The molecule has 0 radical (unpaired) electrons. The Kier molecular flexibility index (Phi) is 5.51. The van der Waals surface area contributed by atoms with Gasteiger partial charge in [-0.2, -0.15) is 0 Å². The first-order valence-electron chi connectivity index (χ1n) is 7.10. The smallest absolute Gasteiger partial charge is 0.338 e. The van der Waals surface area contributed by atoms with Gasteiger partial charge in [-0.05, 0) is 19.1 Å². The first-order valence-corrected chi connectivity index (χ1v) is 7.10. The average Bonchev–Trinajstić information content (AvgIpc) is 2.80. The zero-order valence-electron chi connectivity index (χ0n) is 12.9. The van der Waals surface area contributed by atoms with Crippen LogP contribution in [0.1, 0.15) is 24.2 Å². The van der Waals surface area contributed by atoms with Gasteiger partial charge in [-0.15, -0.1) is 0 Å². The summed E-state index contributed by atoms with van der Waals surface area (Å²) in [6.07, 6.45) is -1.78. The summed E-state index contributed by atoms with van der Waals surface area (Å²) in [7, 11) is 1.51. The van der Waals surface area contributed by atoms with Crippen LogP contribution in [0.2, 0.25) is 0 Å². The highest BCUT2D eigenvalue weighted by atomic mass is 16.6. The third kappa shape index (κ3) is 3.84. The molecule has 22 heavy (non-hydrogen) atoms. The van der Waals surface area contributed by atoms with Crippen LogP contribution in [0.3, 0.4) is 0 Å². The van der Waals surface area contributed by atoms with Gasteiger partial charge in [-0.25, -0.2) is 4.79 Å². The SMILES string of the molecule is COC1C(COC(=O)c2ccccc2)OC(C)C1OC(C)=O. The Morgan fingerprint density at radius 2 is 1.86 bits per heavy atom. The van der Waals surface area contributed by atoms with Gasteiger partial charge in [0.05, 0.1) is 11.7 Å². The van der Waals surface area contributed by atoms with Gasteiger partial charge in [0.1, 0.15) is 18.8 Å². The van der Waals surface area contributed by atoms with E-state index in [0.717, 1.165) is 0 Å². The van der Waals surface area contributed by atoms with Crippen LogP contribution in [0.4, 0.5) is 0 Å². The number of carbonyl (C=O) groups excluding carboxylic acids is 2. The fraction of sp³-hybridized carbons (Fsp3) is 0.500. The summed E-state index contributed by atoms with van der Waals surface area (Å²) < 4.78 is 21.5. The lowest BCUT2D eigenvalue weighted by Crippen LogP contribution is -2.39. The molecule has 1 aliphatic rings. The molecule has 1 aromatic rings. The minimum Gasteiger partial charge on any atom is -0.459 e. The fourth-order valence-corrected chi connectivity index (χ4v) is 2.50. The molecule has 2 rings (SSSR count). The van der Waals surface area contributed by atoms with E-state index in [1.54, 1.807) is 31.2 Å². The Morgan fingerprint density at radius 3 is 2.45 bits per heavy atom. The van der Waals surface area contributed by atoms with Crippen molar-refractivity contribution >= 4 is 11.9 Å². The molecule has 6 nitrogen and oxygen atoms in total. The van der Waals surface area contributed by atoms with Crippen molar-refractivity contribution in [3.8, 4) is 0 Å². The molecule has 0 saturated carbocycles. The molecule has 1 heterocycles. The zero-order valence-corrected chi connectivity index (χ0v) is 12.9. The number of rotatable bonds is 5. The van der Waals surface area contributed by atoms with E-state index in [1.807, 2.05) is 6.07 Å². The molecule has 1 aliphatic heterocycles. The Labute approximate surface area is 129 Å². The normalized spacial score (nSPS) is 27.4. The first kappa shape index (κ1) is 16.5. The zero-order chi connectivity index (χ0) is 16.1. The maximum Gasteiger partial charge on any atom is 0.338 e. The van der Waals surface area contributed by atoms with E-state index in [1.165, 1.54) is 14.0 Å². The third-order valence-corrected chi connectivity index (χ3v) is 3.50. The van der Waals surface area contributed by atoms with Gasteiger partial charge in [0, 0.05) is 14.0 Å². The van der Waals surface area contributed by atoms with Crippen LogP contribution in [0.5, 0.6) is 0 Å². The van der Waals surface area contributed by atoms with Gasteiger partial charge < -0.3 is 18.9 Å². The number of carbonyl (C=O) groups is 2. The Morgan fingerprint density at radius 1 is 1.18 bits per heavy atom. The highest BCUT2D eigenvalue weighted by Crippen LogP contribution is 2.26. The second-order valence-corrected chi connectivity index (χ2v) is 5.12. The Hall–Kier alpha value is -1.92. The predicted octanol–water partition coefficient (Wildman–Crippen LogP) is 1.58. The number of benzene rings is 1. The van der Waals surface area contributed by atoms with Gasteiger partial charge in [-0.1, -0.05) is 18.2 Å². The van der Waals surface area contributed by atoms with Crippen LogP contribution in [-0.4, -0.2) is 50.1 Å². The van der Waals surface area contributed by atoms with E-state index in [-0.39, 0.29) is 12.7 Å². The summed E-state index contributed by atoms with van der Waals surface area (Å²) in [6, 6.07) is 8.70. The van der Waals surface area contributed by atoms with Gasteiger partial charge in [0.15, 0.2) is 6.10 Å². The molecule has 0 N–H and O–H groups in total. The molecule has 0 spiro atoms. The van der Waals surface area contributed by atoms with E-state index in [2.05, 4.69) is 0 Å². The van der Waals surface area contributed by atoms with Gasteiger partial charge in [-0.3, -0.25) is 4.79 Å². The van der Waals surface area contributed by atoms with Crippen LogP contribution in [0, 0.1) is 0 Å². The number of hydrogen-bond donors (Lipinski definition) is 0. The quantitative estimate of drug-likeness (QED) is 0.769. The van der Waals surface area contributed by atoms with Crippen molar-refractivity contribution in [1.82, 2.24) is 0 Å². The molecule has 4 atom stereocenters. The minimum atomic E-state index is -0.511. The predicted molar refractivity (Wildman–Crippen MR) is 77.4 cm³/mol. The standard InChI is InChI=1S/C16H20O6/c1-10-14(22-11(2)17)15(19-3)13(21-10)9-20-16(18)12-7-5-4-6-8-12/h4-8,10,13-15H,9H2,1-3H3.